The van der Waals surface area contributed by atoms with Gasteiger partial charge in [-0.05, 0) is 96.0 Å². The summed E-state index contributed by atoms with van der Waals surface area (Å²) >= 11 is 0. The average Bonchev–Trinajstić information content (AvgIpc) is 3.70. The first-order valence-corrected chi connectivity index (χ1v) is 15.0. The predicted octanol–water partition coefficient (Wildman–Crippen LogP) is 5.97. The number of nitrogens with zero attached hydrogens (tertiary/aromatic N) is 4. The maximum Gasteiger partial charge on any atom is 0.234 e. The zero-order valence-corrected chi connectivity index (χ0v) is 24.1. The summed E-state index contributed by atoms with van der Waals surface area (Å²) in [5.74, 6) is -0.591. The molecule has 8 heteroatoms. The Morgan fingerprint density at radius 1 is 1.00 bits per heavy atom. The number of imide groups is 1. The molecule has 1 N–H and O–H groups in total. The van der Waals surface area contributed by atoms with Gasteiger partial charge < -0.3 is 0 Å². The van der Waals surface area contributed by atoms with Crippen molar-refractivity contribution >= 4 is 22.7 Å². The molecule has 1 saturated carbocycles. The van der Waals surface area contributed by atoms with Gasteiger partial charge in [0.15, 0.2) is 0 Å². The topological polar surface area (TPSA) is 80.1 Å². The van der Waals surface area contributed by atoms with Crippen molar-refractivity contribution in [3.8, 4) is 5.69 Å². The molecule has 3 aliphatic rings. The lowest BCUT2D eigenvalue weighted by Gasteiger charge is -2.45. The van der Waals surface area contributed by atoms with Gasteiger partial charge >= 0.3 is 0 Å². The Balaban J connectivity index is 1.06. The van der Waals surface area contributed by atoms with Gasteiger partial charge in [-0.3, -0.25) is 24.8 Å². The van der Waals surface area contributed by atoms with E-state index in [0.717, 1.165) is 31.7 Å². The van der Waals surface area contributed by atoms with Gasteiger partial charge in [-0.2, -0.15) is 5.10 Å². The first-order valence-electron chi connectivity index (χ1n) is 15.0. The van der Waals surface area contributed by atoms with Crippen molar-refractivity contribution in [3.05, 3.63) is 89.1 Å². The molecule has 2 aliphatic heterocycles. The number of nitrogens with one attached hydrogen (secondary N) is 1. The van der Waals surface area contributed by atoms with Gasteiger partial charge in [0.1, 0.15) is 5.82 Å². The Morgan fingerprint density at radius 3 is 2.55 bits per heavy atom. The highest BCUT2D eigenvalue weighted by Gasteiger charge is 2.38. The van der Waals surface area contributed by atoms with Crippen molar-refractivity contribution < 1.29 is 14.0 Å². The number of hydrogen-bond acceptors (Lipinski definition) is 5. The molecule has 4 heterocycles. The number of amides is 2. The Kier molecular flexibility index (Phi) is 6.69. The number of halogens is 1. The van der Waals surface area contributed by atoms with Crippen LogP contribution in [-0.2, 0) is 16.1 Å². The second-order valence-electron chi connectivity index (χ2n) is 13.0. The number of aromatic nitrogens is 3. The number of piperidine rings is 2. The number of carbonyl (C=O) groups is 2. The minimum absolute atomic E-state index is 0.0558. The number of fused-ring (bicyclic) bond motifs is 1. The average molecular weight is 566 g/mol. The standard InChI is InChI=1S/C34H36FN5O2/c1-34(2)20-39(18-21-3-7-25(8-4-21)40-19-24(17-37-40)22-5-6-22)14-13-29(34)27-9-11-30-28(32(27)35)15-23(16-36-30)26-10-12-31(41)38-33(26)42/h3-4,7-9,11,15-17,19,22,26,29H,5-6,10,12-14,18,20H2,1-2H3,(H,38,41,42)/t26-,29?/m1/s1. The highest BCUT2D eigenvalue weighted by Crippen LogP contribution is 2.44. The first-order chi connectivity index (χ1) is 20.2. The molecule has 7 nitrogen and oxygen atoms in total. The van der Waals surface area contributed by atoms with E-state index in [-0.39, 0.29) is 35.4 Å². The third kappa shape index (κ3) is 5.13. The molecule has 0 radical (unpaired) electrons. The molecule has 42 heavy (non-hydrogen) atoms. The fourth-order valence-electron chi connectivity index (χ4n) is 6.97. The van der Waals surface area contributed by atoms with Crippen LogP contribution in [0.1, 0.15) is 86.0 Å². The Labute approximate surface area is 245 Å². The van der Waals surface area contributed by atoms with Crippen LogP contribution in [0.3, 0.4) is 0 Å². The van der Waals surface area contributed by atoms with E-state index in [4.69, 9.17) is 0 Å². The molecule has 0 bridgehead atoms. The van der Waals surface area contributed by atoms with Crippen LogP contribution >= 0.6 is 0 Å². The van der Waals surface area contributed by atoms with E-state index >= 15 is 4.39 Å². The Morgan fingerprint density at radius 2 is 1.81 bits per heavy atom. The SMILES string of the molecule is CC1(C)CN(Cc2ccc(-n3cc(C4CC4)cn3)cc2)CCC1c1ccc2ncc([C@H]3CCC(=O)NC3=O)cc2c1F. The second-order valence-corrected chi connectivity index (χ2v) is 13.0. The van der Waals surface area contributed by atoms with Crippen LogP contribution in [0.5, 0.6) is 0 Å². The maximum absolute atomic E-state index is 16.2. The zero-order valence-electron chi connectivity index (χ0n) is 24.1. The highest BCUT2D eigenvalue weighted by molar-refractivity contribution is 6.01. The molecule has 4 aromatic rings. The molecule has 7 rings (SSSR count). The predicted molar refractivity (Wildman–Crippen MR) is 159 cm³/mol. The van der Waals surface area contributed by atoms with Crippen molar-refractivity contribution in [3.63, 3.8) is 0 Å². The maximum atomic E-state index is 16.2. The fourth-order valence-corrected chi connectivity index (χ4v) is 6.97. The van der Waals surface area contributed by atoms with Gasteiger partial charge in [0, 0.05) is 37.3 Å². The summed E-state index contributed by atoms with van der Waals surface area (Å²) in [6, 6.07) is 14.2. The molecule has 216 valence electrons. The monoisotopic (exact) mass is 565 g/mol. The van der Waals surface area contributed by atoms with Crippen LogP contribution < -0.4 is 5.32 Å². The summed E-state index contributed by atoms with van der Waals surface area (Å²) < 4.78 is 18.1. The lowest BCUT2D eigenvalue weighted by atomic mass is 9.70. The molecule has 3 fully saturated rings. The van der Waals surface area contributed by atoms with Crippen molar-refractivity contribution in [2.45, 2.75) is 70.3 Å². The summed E-state index contributed by atoms with van der Waals surface area (Å²) in [5.41, 5.74) is 5.46. The van der Waals surface area contributed by atoms with Crippen LogP contribution in [0.15, 0.2) is 61.1 Å². The Bertz CT molecular complexity index is 1670. The summed E-state index contributed by atoms with van der Waals surface area (Å²) in [6.07, 6.45) is 9.86. The summed E-state index contributed by atoms with van der Waals surface area (Å²) in [7, 11) is 0. The quantitative estimate of drug-likeness (QED) is 0.291. The van der Waals surface area contributed by atoms with Crippen molar-refractivity contribution in [1.82, 2.24) is 25.0 Å². The summed E-state index contributed by atoms with van der Waals surface area (Å²) in [5, 5.41) is 7.39. The fraction of sp³-hybridized carbons (Fsp3) is 0.412. The minimum atomic E-state index is -0.490. The first kappa shape index (κ1) is 27.0. The van der Waals surface area contributed by atoms with E-state index < -0.39 is 5.92 Å². The van der Waals surface area contributed by atoms with Crippen LogP contribution in [0.4, 0.5) is 4.39 Å². The van der Waals surface area contributed by atoms with Gasteiger partial charge in [-0.25, -0.2) is 9.07 Å². The largest absolute Gasteiger partial charge is 0.299 e. The van der Waals surface area contributed by atoms with E-state index in [1.54, 1.807) is 12.3 Å². The van der Waals surface area contributed by atoms with Gasteiger partial charge in [0.05, 0.1) is 23.3 Å². The van der Waals surface area contributed by atoms with Crippen LogP contribution in [0, 0.1) is 11.2 Å². The van der Waals surface area contributed by atoms with Crippen LogP contribution in [0.25, 0.3) is 16.6 Å². The number of carbonyl (C=O) groups excluding carboxylic acids is 2. The second kappa shape index (κ2) is 10.4. The van der Waals surface area contributed by atoms with Gasteiger partial charge in [-0.15, -0.1) is 0 Å². The summed E-state index contributed by atoms with van der Waals surface area (Å²) in [4.78, 5) is 31.0. The lowest BCUT2D eigenvalue weighted by Crippen LogP contribution is -2.44. The smallest absolute Gasteiger partial charge is 0.234 e. The number of hydrogen-bond donors (Lipinski definition) is 1. The van der Waals surface area contributed by atoms with Crippen LogP contribution in [0.2, 0.25) is 0 Å². The number of benzene rings is 2. The molecule has 2 aromatic heterocycles. The molecule has 2 amide bonds. The summed E-state index contributed by atoms with van der Waals surface area (Å²) in [6.45, 7) is 7.04. The number of rotatable bonds is 6. The van der Waals surface area contributed by atoms with E-state index in [1.165, 1.54) is 24.0 Å². The van der Waals surface area contributed by atoms with E-state index in [0.29, 0.717) is 34.4 Å². The number of pyridine rings is 1. The highest BCUT2D eigenvalue weighted by atomic mass is 19.1. The molecule has 2 atom stereocenters. The van der Waals surface area contributed by atoms with Crippen LogP contribution in [-0.4, -0.2) is 44.6 Å². The molecule has 1 aliphatic carbocycles. The van der Waals surface area contributed by atoms with Gasteiger partial charge in [0.25, 0.3) is 0 Å². The van der Waals surface area contributed by atoms with Gasteiger partial charge in [-0.1, -0.05) is 32.0 Å². The lowest BCUT2D eigenvalue weighted by molar-refractivity contribution is -0.134. The van der Waals surface area contributed by atoms with Crippen molar-refractivity contribution in [2.75, 3.05) is 13.1 Å². The normalized spacial score (nSPS) is 22.8. The molecular formula is C34H36FN5O2. The number of likely N-dealkylation sites (tertiary alicyclic amines) is 1. The van der Waals surface area contributed by atoms with Crippen molar-refractivity contribution in [2.24, 2.45) is 5.41 Å². The van der Waals surface area contributed by atoms with Gasteiger partial charge in [0.2, 0.25) is 11.8 Å². The zero-order chi connectivity index (χ0) is 29.0. The molecule has 2 saturated heterocycles. The Hall–Kier alpha value is -3.91. The van der Waals surface area contributed by atoms with E-state index in [2.05, 4.69) is 64.6 Å². The van der Waals surface area contributed by atoms with Crippen molar-refractivity contribution in [1.29, 1.82) is 0 Å². The third-order valence-corrected chi connectivity index (χ3v) is 9.43. The molecular weight excluding hydrogens is 529 g/mol. The van der Waals surface area contributed by atoms with E-state index in [1.807, 2.05) is 23.0 Å². The molecule has 2 aromatic carbocycles. The van der Waals surface area contributed by atoms with E-state index in [9.17, 15) is 9.59 Å². The molecule has 1 unspecified atom stereocenters. The minimum Gasteiger partial charge on any atom is -0.299 e. The molecule has 0 spiro atoms. The third-order valence-electron chi connectivity index (χ3n) is 9.43.